The van der Waals surface area contributed by atoms with Crippen LogP contribution in [0.25, 0.3) is 0 Å². The Bertz CT molecular complexity index is 404. The van der Waals surface area contributed by atoms with Crippen LogP contribution in [0.1, 0.15) is 47.5 Å². The summed E-state index contributed by atoms with van der Waals surface area (Å²) in [5, 5.41) is 13.3. The number of hydroxylamine groups is 2. The molecule has 0 aromatic heterocycles. The summed E-state index contributed by atoms with van der Waals surface area (Å²) < 4.78 is 9.93. The Kier molecular flexibility index (Phi) is 6.64. The number of hydrogen-bond donors (Lipinski definition) is 0. The van der Waals surface area contributed by atoms with Crippen LogP contribution in [0.4, 0.5) is 0 Å². The molecule has 6 nitrogen and oxygen atoms in total. The molecule has 1 fully saturated rings. The maximum atomic E-state index is 12.2. The molecular weight excluding hydrogens is 401 g/mol. The Balaban J connectivity index is 2.48. The van der Waals surface area contributed by atoms with Gasteiger partial charge >= 0.3 is 11.9 Å². The molecule has 0 aromatic rings. The van der Waals surface area contributed by atoms with Crippen LogP contribution in [0.5, 0.6) is 0 Å². The number of carbonyl (C=O) groups excluding carboxylic acids is 2. The van der Waals surface area contributed by atoms with Crippen molar-refractivity contribution in [2.24, 2.45) is 5.92 Å². The van der Waals surface area contributed by atoms with Gasteiger partial charge in [-0.2, -0.15) is 0 Å². The van der Waals surface area contributed by atoms with Crippen molar-refractivity contribution in [3.63, 3.8) is 0 Å². The van der Waals surface area contributed by atoms with E-state index >= 15 is 0 Å². The van der Waals surface area contributed by atoms with Crippen molar-refractivity contribution < 1.29 is 24.3 Å². The topological polar surface area (TPSA) is 75.7 Å². The molecule has 1 rings (SSSR count). The van der Waals surface area contributed by atoms with E-state index in [1.807, 2.05) is 50.3 Å². The number of esters is 2. The van der Waals surface area contributed by atoms with Crippen LogP contribution in [0.2, 0.25) is 0 Å². The van der Waals surface area contributed by atoms with E-state index < -0.39 is 11.1 Å². The molecule has 0 bridgehead atoms. The van der Waals surface area contributed by atoms with Gasteiger partial charge in [0, 0.05) is 11.1 Å². The number of nitrogens with zero attached hydrogens (tertiary/aromatic N) is 1. The highest BCUT2D eigenvalue weighted by Gasteiger charge is 2.48. The summed E-state index contributed by atoms with van der Waals surface area (Å²) in [6, 6.07) is 0. The zero-order valence-corrected chi connectivity index (χ0v) is 16.0. The maximum absolute atomic E-state index is 12.2. The molecule has 1 aliphatic rings. The number of halogens is 1. The number of hydrogen-bond acceptors (Lipinski definition) is 5. The lowest BCUT2D eigenvalue weighted by Gasteiger charge is -2.49. The molecule has 1 atom stereocenters. The molecule has 1 heterocycles. The normalized spacial score (nSPS) is 22.9. The van der Waals surface area contributed by atoms with Gasteiger partial charge in [-0.1, -0.05) is 22.6 Å². The first-order chi connectivity index (χ1) is 9.97. The fourth-order valence-corrected chi connectivity index (χ4v) is 3.13. The molecule has 1 saturated heterocycles. The van der Waals surface area contributed by atoms with Gasteiger partial charge in [0.25, 0.3) is 0 Å². The Hall–Kier alpha value is -0.410. The molecule has 0 spiro atoms. The second-order valence-electron chi connectivity index (χ2n) is 6.98. The molecule has 0 saturated carbocycles. The summed E-state index contributed by atoms with van der Waals surface area (Å²) in [4.78, 5) is 23.5. The largest absolute Gasteiger partial charge is 0.462 e. The minimum Gasteiger partial charge on any atom is -0.462 e. The summed E-state index contributed by atoms with van der Waals surface area (Å²) in [5.41, 5.74) is -1.21. The van der Waals surface area contributed by atoms with Crippen molar-refractivity contribution in [3.8, 4) is 0 Å². The van der Waals surface area contributed by atoms with E-state index in [-0.39, 0.29) is 35.0 Å². The van der Waals surface area contributed by atoms with Crippen molar-refractivity contribution in [1.82, 2.24) is 5.06 Å². The molecule has 0 N–H and O–H groups in total. The lowest BCUT2D eigenvalue weighted by Crippen LogP contribution is -2.59. The number of alkyl halides is 1. The summed E-state index contributed by atoms with van der Waals surface area (Å²) in [5.74, 6) is -0.958. The molecule has 1 unspecified atom stereocenters. The third-order valence-corrected chi connectivity index (χ3v) is 4.33. The lowest BCUT2D eigenvalue weighted by atomic mass is 9.75. The average Bonchev–Trinajstić information content (AvgIpc) is 2.39. The van der Waals surface area contributed by atoms with E-state index in [2.05, 4.69) is 0 Å². The van der Waals surface area contributed by atoms with Gasteiger partial charge in [0.15, 0.2) is 0 Å². The highest BCUT2D eigenvalue weighted by molar-refractivity contribution is 14.1. The van der Waals surface area contributed by atoms with Crippen LogP contribution in [0.15, 0.2) is 0 Å². The maximum Gasteiger partial charge on any atom is 0.318 e. The van der Waals surface area contributed by atoms with E-state index in [1.165, 1.54) is 0 Å². The van der Waals surface area contributed by atoms with E-state index in [9.17, 15) is 14.8 Å². The Morgan fingerprint density at radius 1 is 1.14 bits per heavy atom. The van der Waals surface area contributed by atoms with Gasteiger partial charge in [0.1, 0.15) is 17.1 Å². The van der Waals surface area contributed by atoms with Crippen molar-refractivity contribution in [1.29, 1.82) is 0 Å². The van der Waals surface area contributed by atoms with Crippen LogP contribution in [0, 0.1) is 5.92 Å². The van der Waals surface area contributed by atoms with Crippen LogP contribution in [-0.2, 0) is 24.3 Å². The highest BCUT2D eigenvalue weighted by atomic mass is 127. The molecule has 0 amide bonds. The summed E-state index contributed by atoms with van der Waals surface area (Å²) >= 11 is 1.96. The van der Waals surface area contributed by atoms with Crippen molar-refractivity contribution >= 4 is 34.5 Å². The zero-order chi connectivity index (χ0) is 17.1. The van der Waals surface area contributed by atoms with Crippen molar-refractivity contribution in [3.05, 3.63) is 0 Å². The first-order valence-electron chi connectivity index (χ1n) is 7.42. The zero-order valence-electron chi connectivity index (χ0n) is 13.8. The predicted molar refractivity (Wildman–Crippen MR) is 88.8 cm³/mol. The molecule has 0 aromatic carbocycles. The van der Waals surface area contributed by atoms with Crippen molar-refractivity contribution in [2.75, 3.05) is 13.2 Å². The van der Waals surface area contributed by atoms with E-state index in [4.69, 9.17) is 9.47 Å². The Labute approximate surface area is 145 Å². The fraction of sp³-hybridized carbons (Fsp3) is 0.867. The molecule has 7 heteroatoms. The van der Waals surface area contributed by atoms with Crippen molar-refractivity contribution in [2.45, 2.75) is 62.5 Å². The van der Waals surface area contributed by atoms with Gasteiger partial charge in [-0.05, 0) is 47.5 Å². The minimum absolute atomic E-state index is 0.0480. The van der Waals surface area contributed by atoms with Crippen LogP contribution < -0.4 is 0 Å². The van der Waals surface area contributed by atoms with Crippen LogP contribution >= 0.6 is 22.6 Å². The first-order valence-corrected chi connectivity index (χ1v) is 8.67. The number of rotatable bonds is 5. The van der Waals surface area contributed by atoms with Gasteiger partial charge in [-0.3, -0.25) is 9.59 Å². The Morgan fingerprint density at radius 2 is 1.59 bits per heavy atom. The van der Waals surface area contributed by atoms with Crippen LogP contribution in [-0.4, -0.2) is 45.2 Å². The Morgan fingerprint density at radius 3 is 2.05 bits per heavy atom. The molecule has 1 aliphatic heterocycles. The number of carbonyl (C=O) groups is 2. The monoisotopic (exact) mass is 426 g/mol. The van der Waals surface area contributed by atoms with Gasteiger partial charge in [0.2, 0.25) is 0 Å². The third-order valence-electron chi connectivity index (χ3n) is 3.82. The van der Waals surface area contributed by atoms with Gasteiger partial charge < -0.3 is 9.47 Å². The van der Waals surface area contributed by atoms with E-state index in [0.29, 0.717) is 12.8 Å². The fourth-order valence-electron chi connectivity index (χ4n) is 2.95. The molecular formula is C15H25INO5. The standard InChI is InChI=1S/C15H25INO5/c1-10(16)12(18)21-6-7-22-13(19)11-8-14(2,3)17(20)15(4,5)9-11/h10-11H,6-9H2,1-5H3. The second-order valence-corrected chi connectivity index (χ2v) is 8.84. The molecule has 0 aliphatic carbocycles. The lowest BCUT2D eigenvalue weighted by molar-refractivity contribution is -0.293. The smallest absolute Gasteiger partial charge is 0.318 e. The SMILES string of the molecule is CC(I)C(=O)OCCOC(=O)C1CC(C)(C)N([O])C(C)(C)C1. The predicted octanol–water partition coefficient (Wildman–Crippen LogP) is 2.51. The summed E-state index contributed by atoms with van der Waals surface area (Å²) in [7, 11) is 0. The highest BCUT2D eigenvalue weighted by Crippen LogP contribution is 2.40. The quantitative estimate of drug-likeness (QED) is 0.292. The van der Waals surface area contributed by atoms with Gasteiger partial charge in [-0.25, -0.2) is 0 Å². The van der Waals surface area contributed by atoms with Gasteiger partial charge in [-0.15, -0.1) is 10.3 Å². The molecule has 127 valence electrons. The number of piperidine rings is 1. The first kappa shape index (κ1) is 19.6. The summed E-state index contributed by atoms with van der Waals surface area (Å²) in [6.07, 6.45) is 0.923. The molecule has 22 heavy (non-hydrogen) atoms. The minimum atomic E-state index is -0.603. The average molecular weight is 426 g/mol. The van der Waals surface area contributed by atoms with Gasteiger partial charge in [0.05, 0.1) is 5.92 Å². The van der Waals surface area contributed by atoms with E-state index in [1.54, 1.807) is 6.92 Å². The summed E-state index contributed by atoms with van der Waals surface area (Å²) in [6.45, 7) is 9.19. The van der Waals surface area contributed by atoms with Crippen LogP contribution in [0.3, 0.4) is 0 Å². The third kappa shape index (κ3) is 5.06. The molecule has 1 radical (unpaired) electrons. The number of ether oxygens (including phenoxy) is 2. The van der Waals surface area contributed by atoms with E-state index in [0.717, 1.165) is 5.06 Å². The second kappa shape index (κ2) is 7.44.